The quantitative estimate of drug-likeness (QED) is 0.270. The average Bonchev–Trinajstić information content (AvgIpc) is 2.91. The number of amides is 2. The first-order valence-corrected chi connectivity index (χ1v) is 13.2. The van der Waals surface area contributed by atoms with Crippen LogP contribution in [0.3, 0.4) is 0 Å². The van der Waals surface area contributed by atoms with Crippen LogP contribution in [0.15, 0.2) is 59.1 Å². The fraction of sp³-hybridized carbons (Fsp3) is 0.333. The number of Topliss-reactive ketones (excluding diaryl/α,β-unsaturated/α-hetero) is 2. The van der Waals surface area contributed by atoms with E-state index < -0.39 is 52.0 Å². The molecule has 11 nitrogen and oxygen atoms in total. The monoisotopic (exact) mass is 561 g/mol. The number of ketones is 2. The maximum Gasteiger partial charge on any atom is 0.268 e. The number of phenols is 1. The summed E-state index contributed by atoms with van der Waals surface area (Å²) in [7, 11) is 3.53. The molecule has 0 radical (unpaired) electrons. The van der Waals surface area contributed by atoms with Crippen molar-refractivity contribution in [1.29, 1.82) is 0 Å². The third-order valence-corrected chi connectivity index (χ3v) is 8.38. The predicted octanol–water partition coefficient (Wildman–Crippen LogP) is 2.19. The van der Waals surface area contributed by atoms with Crippen molar-refractivity contribution < 1.29 is 39.6 Å². The van der Waals surface area contributed by atoms with Gasteiger partial charge in [0.25, 0.3) is 11.8 Å². The Bertz CT molecular complexity index is 1590. The molecule has 2 amide bonds. The number of hydrogen-bond donors (Lipinski definition) is 5. The normalized spacial score (nSPS) is 23.7. The molecule has 0 saturated carbocycles. The Hall–Kier alpha value is -4.48. The third kappa shape index (κ3) is 4.11. The van der Waals surface area contributed by atoms with E-state index in [1.54, 1.807) is 54.4 Å². The Kier molecular flexibility index (Phi) is 6.75. The number of aromatic hydroxyl groups is 1. The van der Waals surface area contributed by atoms with Gasteiger partial charge in [-0.15, -0.1) is 0 Å². The van der Waals surface area contributed by atoms with Crippen LogP contribution >= 0.6 is 0 Å². The van der Waals surface area contributed by atoms with Gasteiger partial charge in [-0.05, 0) is 60.6 Å². The molecule has 3 aliphatic carbocycles. The smallest absolute Gasteiger partial charge is 0.268 e. The fourth-order valence-electron chi connectivity index (χ4n) is 6.47. The number of carbonyl (C=O) groups is 4. The van der Waals surface area contributed by atoms with E-state index in [-0.39, 0.29) is 42.1 Å². The molecule has 3 atom stereocenters. The lowest BCUT2D eigenvalue weighted by molar-refractivity contribution is -0.144. The lowest BCUT2D eigenvalue weighted by Crippen LogP contribution is -2.57. The van der Waals surface area contributed by atoms with E-state index in [4.69, 9.17) is 5.73 Å². The number of allylic oxidation sites excluding steroid dienone is 2. The highest BCUT2D eigenvalue weighted by atomic mass is 16.3. The average molecular weight is 562 g/mol. The lowest BCUT2D eigenvalue weighted by atomic mass is 9.60. The minimum atomic E-state index is -2.62. The topological polar surface area (TPSA) is 182 Å². The molecule has 1 unspecified atom stereocenters. The maximum atomic E-state index is 13.8. The number of hydrogen-bond acceptors (Lipinski definition) is 9. The van der Waals surface area contributed by atoms with Gasteiger partial charge in [0.1, 0.15) is 22.8 Å². The second-order valence-electron chi connectivity index (χ2n) is 10.8. The van der Waals surface area contributed by atoms with Crippen LogP contribution in [0.1, 0.15) is 46.0 Å². The van der Waals surface area contributed by atoms with Crippen molar-refractivity contribution in [3.63, 3.8) is 0 Å². The number of carbonyl (C=O) groups excluding carboxylic acids is 4. The molecule has 3 aliphatic rings. The fourth-order valence-corrected chi connectivity index (χ4v) is 6.47. The second-order valence-corrected chi connectivity index (χ2v) is 10.8. The first-order valence-electron chi connectivity index (χ1n) is 13.2. The van der Waals surface area contributed by atoms with Crippen LogP contribution in [-0.4, -0.2) is 80.1 Å². The molecule has 0 heterocycles. The molecule has 2 aromatic carbocycles. The van der Waals surface area contributed by atoms with Gasteiger partial charge in [-0.2, -0.15) is 0 Å². The van der Waals surface area contributed by atoms with Crippen molar-refractivity contribution in [2.75, 3.05) is 20.6 Å². The summed E-state index contributed by atoms with van der Waals surface area (Å²) in [6.07, 6.45) is -0.105. The molecule has 0 aliphatic heterocycles. The highest BCUT2D eigenvalue weighted by molar-refractivity contribution is 6.24. The molecule has 0 saturated heterocycles. The summed E-state index contributed by atoms with van der Waals surface area (Å²) in [5, 5.41) is 47.0. The summed E-state index contributed by atoms with van der Waals surface area (Å²) in [5.74, 6) is -6.99. The molecule has 0 aromatic heterocycles. The number of phenolic OH excluding ortho intramolecular Hbond substituents is 1. The number of aliphatic hydroxyl groups excluding tert-OH is 2. The van der Waals surface area contributed by atoms with Gasteiger partial charge in [-0.25, -0.2) is 5.01 Å². The van der Waals surface area contributed by atoms with Crippen LogP contribution in [0.4, 0.5) is 0 Å². The van der Waals surface area contributed by atoms with Crippen LogP contribution in [-0.2, 0) is 16.0 Å². The molecule has 41 heavy (non-hydrogen) atoms. The maximum absolute atomic E-state index is 13.8. The summed E-state index contributed by atoms with van der Waals surface area (Å²) in [4.78, 5) is 51.9. The van der Waals surface area contributed by atoms with Crippen LogP contribution in [0.25, 0.3) is 11.1 Å². The molecule has 214 valence electrons. The molecule has 2 aromatic rings. The molecule has 5 rings (SSSR count). The first-order chi connectivity index (χ1) is 19.3. The zero-order valence-corrected chi connectivity index (χ0v) is 22.8. The summed E-state index contributed by atoms with van der Waals surface area (Å²) >= 11 is 0. The van der Waals surface area contributed by atoms with Crippen LogP contribution in [0.5, 0.6) is 5.75 Å². The number of nitrogens with zero attached hydrogens (tertiary/aromatic N) is 2. The van der Waals surface area contributed by atoms with E-state index in [2.05, 4.69) is 0 Å². The zero-order chi connectivity index (χ0) is 30.0. The van der Waals surface area contributed by atoms with Crippen LogP contribution in [0, 0.1) is 11.8 Å². The first kappa shape index (κ1) is 28.1. The molecular formula is C30H31N3O8. The minimum absolute atomic E-state index is 0.0326. The molecule has 0 fully saturated rings. The van der Waals surface area contributed by atoms with Crippen molar-refractivity contribution in [3.05, 3.63) is 75.8 Å². The van der Waals surface area contributed by atoms with Crippen molar-refractivity contribution in [1.82, 2.24) is 10.0 Å². The van der Waals surface area contributed by atoms with Gasteiger partial charge in [0.15, 0.2) is 11.4 Å². The van der Waals surface area contributed by atoms with E-state index in [0.29, 0.717) is 28.8 Å². The van der Waals surface area contributed by atoms with Gasteiger partial charge in [0, 0.05) is 44.1 Å². The second kappa shape index (κ2) is 9.86. The number of primary amides is 1. The highest BCUT2D eigenvalue weighted by Crippen LogP contribution is 2.52. The molecule has 11 heteroatoms. The SMILES string of the molecule is CCN(C(=O)c1cccc(-c2ccc(O)c3c2CC2C[C@H]4CC(O)=C(C(N)=O)C(=O)[C@@]4(O)C(O)=C2C3=O)c1)N(C)C. The number of rotatable bonds is 5. The van der Waals surface area contributed by atoms with E-state index in [9.17, 15) is 39.6 Å². The summed E-state index contributed by atoms with van der Waals surface area (Å²) in [6, 6.07) is 9.91. The molecule has 6 N–H and O–H groups in total. The molecular weight excluding hydrogens is 530 g/mol. The predicted molar refractivity (Wildman–Crippen MR) is 147 cm³/mol. The van der Waals surface area contributed by atoms with Crippen LogP contribution in [0.2, 0.25) is 0 Å². The number of benzene rings is 2. The van der Waals surface area contributed by atoms with Crippen molar-refractivity contribution >= 4 is 23.4 Å². The largest absolute Gasteiger partial charge is 0.511 e. The van der Waals surface area contributed by atoms with Crippen LogP contribution < -0.4 is 5.73 Å². The van der Waals surface area contributed by atoms with E-state index in [1.807, 2.05) is 6.92 Å². The number of fused-ring (bicyclic) bond motifs is 3. The summed E-state index contributed by atoms with van der Waals surface area (Å²) in [5.41, 5.74) is 3.67. The van der Waals surface area contributed by atoms with Gasteiger partial charge in [-0.3, -0.25) is 24.2 Å². The van der Waals surface area contributed by atoms with Crippen molar-refractivity contribution in [3.8, 4) is 16.9 Å². The Morgan fingerprint density at radius 1 is 1.07 bits per heavy atom. The Morgan fingerprint density at radius 3 is 2.41 bits per heavy atom. The van der Waals surface area contributed by atoms with E-state index in [1.165, 1.54) is 6.07 Å². The van der Waals surface area contributed by atoms with Gasteiger partial charge in [0.2, 0.25) is 5.78 Å². The summed E-state index contributed by atoms with van der Waals surface area (Å²) < 4.78 is 0. The third-order valence-electron chi connectivity index (χ3n) is 8.38. The van der Waals surface area contributed by atoms with Crippen molar-refractivity contribution in [2.24, 2.45) is 17.6 Å². The lowest BCUT2D eigenvalue weighted by Gasteiger charge is -2.45. The van der Waals surface area contributed by atoms with Gasteiger partial charge in [0.05, 0.1) is 5.56 Å². The van der Waals surface area contributed by atoms with Crippen molar-refractivity contribution in [2.45, 2.75) is 31.8 Å². The number of hydrazine groups is 1. The number of nitrogens with two attached hydrogens (primary N) is 1. The van der Waals surface area contributed by atoms with E-state index >= 15 is 0 Å². The van der Waals surface area contributed by atoms with Gasteiger partial charge < -0.3 is 26.2 Å². The minimum Gasteiger partial charge on any atom is -0.511 e. The molecule has 0 spiro atoms. The zero-order valence-electron chi connectivity index (χ0n) is 22.8. The van der Waals surface area contributed by atoms with E-state index in [0.717, 1.165) is 0 Å². The summed E-state index contributed by atoms with van der Waals surface area (Å²) in [6.45, 7) is 2.32. The van der Waals surface area contributed by atoms with Gasteiger partial charge >= 0.3 is 0 Å². The highest BCUT2D eigenvalue weighted by Gasteiger charge is 2.59. The standard InChI is InChI=1S/C30H31N3O8/c1-4-33(32(2)3)29(40)15-7-5-6-14(10-15)18-8-9-20(34)23-19(18)12-16-11-17-13-21(35)24(28(31)39)27(38)30(17,41)26(37)22(16)25(23)36/h5-10,16-17,34-35,37,41H,4,11-13H2,1-3H3,(H2,31,39)/t16?,17-,30-/m0/s1. The number of aliphatic hydroxyl groups is 3. The molecule has 0 bridgehead atoms. The Morgan fingerprint density at radius 2 is 1.78 bits per heavy atom. The Balaban J connectivity index is 1.62. The van der Waals surface area contributed by atoms with Gasteiger partial charge in [-0.1, -0.05) is 18.2 Å². The Labute approximate surface area is 235 Å².